The number of benzene rings is 2. The number of para-hydroxylation sites is 1. The van der Waals surface area contributed by atoms with E-state index in [0.717, 1.165) is 41.8 Å². The first-order valence-electron chi connectivity index (χ1n) is 8.34. The van der Waals surface area contributed by atoms with Crippen LogP contribution in [0.4, 0.5) is 5.69 Å². The molecule has 1 fully saturated rings. The first-order chi connectivity index (χ1) is 11.5. The van der Waals surface area contributed by atoms with E-state index in [0.29, 0.717) is 0 Å². The zero-order chi connectivity index (χ0) is 17.3. The molecule has 3 rings (SSSR count). The molecule has 1 aliphatic rings. The number of hydrogen-bond acceptors (Lipinski definition) is 2. The summed E-state index contributed by atoms with van der Waals surface area (Å²) in [4.78, 5) is 17.3. The lowest BCUT2D eigenvalue weighted by Gasteiger charge is -2.36. The third kappa shape index (κ3) is 3.20. The summed E-state index contributed by atoms with van der Waals surface area (Å²) in [5.74, 6) is 0.143. The summed E-state index contributed by atoms with van der Waals surface area (Å²) in [6, 6.07) is 12.4. The molecule has 1 amide bonds. The van der Waals surface area contributed by atoms with Gasteiger partial charge in [-0.05, 0) is 55.7 Å². The minimum Gasteiger partial charge on any atom is -0.368 e. The van der Waals surface area contributed by atoms with Gasteiger partial charge in [0.05, 0.1) is 0 Å². The highest BCUT2D eigenvalue weighted by atomic mass is 79.9. The van der Waals surface area contributed by atoms with Crippen LogP contribution in [0.15, 0.2) is 40.9 Å². The molecular formula is C20H23BrN2O. The van der Waals surface area contributed by atoms with E-state index < -0.39 is 0 Å². The SMILES string of the molecule is Cc1c(Br)cc(C(=O)N2CCN(c3ccccc3)CC2)c(C)c1C. The van der Waals surface area contributed by atoms with Crippen molar-refractivity contribution in [3.63, 3.8) is 0 Å². The summed E-state index contributed by atoms with van der Waals surface area (Å²) < 4.78 is 1.01. The number of carbonyl (C=O) groups is 1. The van der Waals surface area contributed by atoms with Crippen LogP contribution < -0.4 is 4.90 Å². The Morgan fingerprint density at radius 1 is 0.917 bits per heavy atom. The van der Waals surface area contributed by atoms with Gasteiger partial charge in [0.1, 0.15) is 0 Å². The van der Waals surface area contributed by atoms with Crippen molar-refractivity contribution in [1.29, 1.82) is 0 Å². The number of carbonyl (C=O) groups excluding carboxylic acids is 1. The molecule has 4 heteroatoms. The number of nitrogens with zero attached hydrogens (tertiary/aromatic N) is 2. The minimum absolute atomic E-state index is 0.143. The largest absolute Gasteiger partial charge is 0.368 e. The Morgan fingerprint density at radius 3 is 2.17 bits per heavy atom. The van der Waals surface area contributed by atoms with Gasteiger partial charge in [-0.1, -0.05) is 34.1 Å². The van der Waals surface area contributed by atoms with Crippen LogP contribution in [0.3, 0.4) is 0 Å². The van der Waals surface area contributed by atoms with E-state index in [4.69, 9.17) is 0 Å². The molecule has 0 radical (unpaired) electrons. The second kappa shape index (κ2) is 6.98. The fourth-order valence-electron chi connectivity index (χ4n) is 3.20. The van der Waals surface area contributed by atoms with E-state index >= 15 is 0 Å². The predicted molar refractivity (Wildman–Crippen MR) is 103 cm³/mol. The van der Waals surface area contributed by atoms with Gasteiger partial charge in [0.2, 0.25) is 0 Å². The Labute approximate surface area is 152 Å². The van der Waals surface area contributed by atoms with Crippen molar-refractivity contribution in [2.45, 2.75) is 20.8 Å². The highest BCUT2D eigenvalue weighted by molar-refractivity contribution is 9.10. The van der Waals surface area contributed by atoms with Crippen LogP contribution in [0.5, 0.6) is 0 Å². The molecule has 0 unspecified atom stereocenters. The Kier molecular flexibility index (Phi) is 4.95. The predicted octanol–water partition coefficient (Wildman–Crippen LogP) is 4.34. The van der Waals surface area contributed by atoms with Gasteiger partial charge in [-0.15, -0.1) is 0 Å². The molecule has 0 aliphatic carbocycles. The number of amides is 1. The molecule has 1 aliphatic heterocycles. The van der Waals surface area contributed by atoms with Crippen LogP contribution in [0, 0.1) is 20.8 Å². The molecule has 2 aromatic rings. The van der Waals surface area contributed by atoms with Crippen LogP contribution in [0.1, 0.15) is 27.0 Å². The highest BCUT2D eigenvalue weighted by Gasteiger charge is 2.24. The number of anilines is 1. The summed E-state index contributed by atoms with van der Waals surface area (Å²) >= 11 is 3.58. The quantitative estimate of drug-likeness (QED) is 0.766. The molecule has 1 heterocycles. The van der Waals surface area contributed by atoms with E-state index in [1.54, 1.807) is 0 Å². The van der Waals surface area contributed by atoms with Gasteiger partial charge in [-0.25, -0.2) is 0 Å². The lowest BCUT2D eigenvalue weighted by molar-refractivity contribution is 0.0746. The Bertz CT molecular complexity index is 750. The van der Waals surface area contributed by atoms with E-state index in [1.165, 1.54) is 16.8 Å². The minimum atomic E-state index is 0.143. The summed E-state index contributed by atoms with van der Waals surface area (Å²) in [5.41, 5.74) is 5.53. The zero-order valence-electron chi connectivity index (χ0n) is 14.5. The highest BCUT2D eigenvalue weighted by Crippen LogP contribution is 2.27. The Morgan fingerprint density at radius 2 is 1.54 bits per heavy atom. The smallest absolute Gasteiger partial charge is 0.254 e. The fourth-order valence-corrected chi connectivity index (χ4v) is 3.73. The third-order valence-corrected chi connectivity index (χ3v) is 5.90. The van der Waals surface area contributed by atoms with Crippen LogP contribution in [0.2, 0.25) is 0 Å². The van der Waals surface area contributed by atoms with E-state index in [2.05, 4.69) is 58.9 Å². The first-order valence-corrected chi connectivity index (χ1v) is 9.14. The van der Waals surface area contributed by atoms with Crippen molar-refractivity contribution in [2.75, 3.05) is 31.1 Å². The van der Waals surface area contributed by atoms with Crippen molar-refractivity contribution < 1.29 is 4.79 Å². The average Bonchev–Trinajstić information content (AvgIpc) is 2.63. The first kappa shape index (κ1) is 17.0. The number of hydrogen-bond donors (Lipinski definition) is 0. The Balaban J connectivity index is 1.74. The molecular weight excluding hydrogens is 364 g/mol. The average molecular weight is 387 g/mol. The van der Waals surface area contributed by atoms with E-state index in [-0.39, 0.29) is 5.91 Å². The van der Waals surface area contributed by atoms with Crippen molar-refractivity contribution >= 4 is 27.5 Å². The zero-order valence-corrected chi connectivity index (χ0v) is 16.1. The van der Waals surface area contributed by atoms with Gasteiger partial charge < -0.3 is 9.80 Å². The second-order valence-electron chi connectivity index (χ2n) is 6.40. The summed E-state index contributed by atoms with van der Waals surface area (Å²) in [6.07, 6.45) is 0. The Hall–Kier alpha value is -1.81. The number of rotatable bonds is 2. The molecule has 0 saturated carbocycles. The lowest BCUT2D eigenvalue weighted by atomic mass is 9.98. The fraction of sp³-hybridized carbons (Fsp3) is 0.350. The van der Waals surface area contributed by atoms with Gasteiger partial charge in [-0.2, -0.15) is 0 Å². The van der Waals surface area contributed by atoms with Crippen molar-refractivity contribution in [1.82, 2.24) is 4.90 Å². The standard InChI is InChI=1S/C20H23BrN2O/c1-14-15(2)18(13-19(21)16(14)3)20(24)23-11-9-22(10-12-23)17-7-5-4-6-8-17/h4-8,13H,9-12H2,1-3H3. The molecule has 2 aromatic carbocycles. The molecule has 3 nitrogen and oxygen atoms in total. The van der Waals surface area contributed by atoms with Gasteiger partial charge >= 0.3 is 0 Å². The maximum absolute atomic E-state index is 13.0. The summed E-state index contributed by atoms with van der Waals surface area (Å²) in [7, 11) is 0. The van der Waals surface area contributed by atoms with E-state index in [9.17, 15) is 4.79 Å². The van der Waals surface area contributed by atoms with Crippen molar-refractivity contribution in [2.24, 2.45) is 0 Å². The van der Waals surface area contributed by atoms with Gasteiger partial charge in [0.15, 0.2) is 0 Å². The molecule has 24 heavy (non-hydrogen) atoms. The van der Waals surface area contributed by atoms with Crippen molar-refractivity contribution in [3.8, 4) is 0 Å². The third-order valence-electron chi connectivity index (χ3n) is 5.08. The maximum atomic E-state index is 13.0. The summed E-state index contributed by atoms with van der Waals surface area (Å²) in [6.45, 7) is 9.48. The molecule has 126 valence electrons. The number of piperazine rings is 1. The number of halogens is 1. The monoisotopic (exact) mass is 386 g/mol. The second-order valence-corrected chi connectivity index (χ2v) is 7.25. The molecule has 0 N–H and O–H groups in total. The lowest BCUT2D eigenvalue weighted by Crippen LogP contribution is -2.49. The molecule has 0 aromatic heterocycles. The topological polar surface area (TPSA) is 23.6 Å². The van der Waals surface area contributed by atoms with Crippen LogP contribution in [0.25, 0.3) is 0 Å². The molecule has 0 bridgehead atoms. The molecule has 1 saturated heterocycles. The van der Waals surface area contributed by atoms with Gasteiger partial charge in [-0.3, -0.25) is 4.79 Å². The van der Waals surface area contributed by atoms with Crippen LogP contribution in [-0.2, 0) is 0 Å². The van der Waals surface area contributed by atoms with Crippen LogP contribution >= 0.6 is 15.9 Å². The molecule has 0 spiro atoms. The molecule has 0 atom stereocenters. The maximum Gasteiger partial charge on any atom is 0.254 e. The normalized spacial score (nSPS) is 14.8. The van der Waals surface area contributed by atoms with Crippen molar-refractivity contribution in [3.05, 3.63) is 63.1 Å². The summed E-state index contributed by atoms with van der Waals surface area (Å²) in [5, 5.41) is 0. The van der Waals surface area contributed by atoms with E-state index in [1.807, 2.05) is 24.0 Å². The van der Waals surface area contributed by atoms with Gasteiger partial charge in [0, 0.05) is 41.9 Å². The van der Waals surface area contributed by atoms with Crippen LogP contribution in [-0.4, -0.2) is 37.0 Å². The van der Waals surface area contributed by atoms with Gasteiger partial charge in [0.25, 0.3) is 5.91 Å².